The van der Waals surface area contributed by atoms with Crippen molar-refractivity contribution in [3.63, 3.8) is 0 Å². The van der Waals surface area contributed by atoms with Gasteiger partial charge in [0.25, 0.3) is 0 Å². The van der Waals surface area contributed by atoms with Crippen LogP contribution in [0.3, 0.4) is 0 Å². The van der Waals surface area contributed by atoms with Crippen molar-refractivity contribution in [2.75, 3.05) is 25.5 Å². The Bertz CT molecular complexity index is 1110. The molecule has 11 heteroatoms. The van der Waals surface area contributed by atoms with Crippen molar-refractivity contribution < 1.29 is 35.9 Å². The number of methoxy groups -OCH3 is 1. The quantitative estimate of drug-likeness (QED) is 0.484. The van der Waals surface area contributed by atoms with Gasteiger partial charge in [0.2, 0.25) is 15.9 Å². The first-order valence-corrected chi connectivity index (χ1v) is 10.6. The maximum absolute atomic E-state index is 13.8. The highest BCUT2D eigenvalue weighted by molar-refractivity contribution is 7.89. The number of nitrogens with zero attached hydrogens (tertiary/aromatic N) is 1. The summed E-state index contributed by atoms with van der Waals surface area (Å²) in [5.74, 6) is -6.34. The molecule has 2 aromatic carbocycles. The van der Waals surface area contributed by atoms with Crippen molar-refractivity contribution in [3.8, 4) is 0 Å². The molecule has 0 aliphatic rings. The lowest BCUT2D eigenvalue weighted by Crippen LogP contribution is -2.39. The molecule has 7 nitrogen and oxygen atoms in total. The van der Waals surface area contributed by atoms with Gasteiger partial charge in [-0.25, -0.2) is 26.4 Å². The van der Waals surface area contributed by atoms with Crippen LogP contribution in [-0.4, -0.2) is 44.8 Å². The van der Waals surface area contributed by atoms with Gasteiger partial charge in [-0.3, -0.25) is 4.79 Å². The monoisotopic (exact) mass is 458 g/mol. The number of aryl methyl sites for hydroxylation is 1. The average molecular weight is 458 g/mol. The van der Waals surface area contributed by atoms with E-state index in [1.165, 1.54) is 32.2 Å². The summed E-state index contributed by atoms with van der Waals surface area (Å²) in [5, 5.41) is 2.05. The first kappa shape index (κ1) is 24.4. The lowest BCUT2D eigenvalue weighted by molar-refractivity contribution is -0.116. The second kappa shape index (κ2) is 9.92. The van der Waals surface area contributed by atoms with Crippen LogP contribution in [0.1, 0.15) is 29.3 Å². The minimum atomic E-state index is -4.16. The van der Waals surface area contributed by atoms with Gasteiger partial charge in [-0.2, -0.15) is 4.31 Å². The number of esters is 1. The van der Waals surface area contributed by atoms with Gasteiger partial charge in [-0.05, 0) is 49.2 Å². The molecule has 0 saturated heterocycles. The Morgan fingerprint density at radius 1 is 1.10 bits per heavy atom. The number of halogens is 3. The van der Waals surface area contributed by atoms with Gasteiger partial charge in [0, 0.05) is 6.54 Å². The van der Waals surface area contributed by atoms with E-state index in [1.54, 1.807) is 6.92 Å². The van der Waals surface area contributed by atoms with E-state index in [-0.39, 0.29) is 22.6 Å². The smallest absolute Gasteiger partial charge is 0.337 e. The zero-order valence-corrected chi connectivity index (χ0v) is 17.9. The van der Waals surface area contributed by atoms with Crippen molar-refractivity contribution in [3.05, 3.63) is 58.9 Å². The van der Waals surface area contributed by atoms with E-state index in [0.29, 0.717) is 12.5 Å². The average Bonchev–Trinajstić information content (AvgIpc) is 2.73. The van der Waals surface area contributed by atoms with Crippen LogP contribution in [0.5, 0.6) is 0 Å². The zero-order chi connectivity index (χ0) is 23.3. The van der Waals surface area contributed by atoms with Gasteiger partial charge in [-0.15, -0.1) is 0 Å². The van der Waals surface area contributed by atoms with Crippen molar-refractivity contribution >= 4 is 27.6 Å². The zero-order valence-electron chi connectivity index (χ0n) is 17.0. The molecule has 0 spiro atoms. The summed E-state index contributed by atoms with van der Waals surface area (Å²) in [6.45, 7) is 2.46. The van der Waals surface area contributed by atoms with E-state index in [9.17, 15) is 31.2 Å². The summed E-state index contributed by atoms with van der Waals surface area (Å²) in [4.78, 5) is 23.8. The van der Waals surface area contributed by atoms with Gasteiger partial charge in [0.05, 0.1) is 29.8 Å². The van der Waals surface area contributed by atoms with Gasteiger partial charge in [0.15, 0.2) is 17.5 Å². The summed E-state index contributed by atoms with van der Waals surface area (Å²) < 4.78 is 71.9. The number of sulfonamides is 1. The molecule has 0 bridgehead atoms. The molecular formula is C20H21F3N2O5S. The molecule has 0 aliphatic heterocycles. The molecule has 0 atom stereocenters. The molecule has 0 heterocycles. The molecule has 0 fully saturated rings. The van der Waals surface area contributed by atoms with Crippen molar-refractivity contribution in [1.82, 2.24) is 4.31 Å². The second-order valence-electron chi connectivity index (χ2n) is 6.58. The third-order valence-corrected chi connectivity index (χ3v) is 6.32. The van der Waals surface area contributed by atoms with Crippen LogP contribution in [0.15, 0.2) is 35.2 Å². The van der Waals surface area contributed by atoms with E-state index in [1.807, 2.05) is 5.32 Å². The van der Waals surface area contributed by atoms with E-state index in [0.717, 1.165) is 10.4 Å². The van der Waals surface area contributed by atoms with Gasteiger partial charge >= 0.3 is 5.97 Å². The van der Waals surface area contributed by atoms with Crippen molar-refractivity contribution in [1.29, 1.82) is 0 Å². The normalized spacial score (nSPS) is 11.5. The summed E-state index contributed by atoms with van der Waals surface area (Å²) in [6, 6.07) is 5.33. The topological polar surface area (TPSA) is 92.8 Å². The number of carbonyl (C=O) groups is 2. The third kappa shape index (κ3) is 5.42. The lowest BCUT2D eigenvalue weighted by Gasteiger charge is -2.22. The highest BCUT2D eigenvalue weighted by atomic mass is 32.2. The molecule has 0 aliphatic carbocycles. The summed E-state index contributed by atoms with van der Waals surface area (Å²) in [5.41, 5.74) is -0.194. The lowest BCUT2D eigenvalue weighted by atomic mass is 10.1. The van der Waals surface area contributed by atoms with Gasteiger partial charge < -0.3 is 10.1 Å². The first-order valence-electron chi connectivity index (χ1n) is 9.15. The highest BCUT2D eigenvalue weighted by Crippen LogP contribution is 2.23. The fraction of sp³-hybridized carbons (Fsp3) is 0.300. The Kier molecular flexibility index (Phi) is 7.80. The Labute approximate surface area is 177 Å². The predicted molar refractivity (Wildman–Crippen MR) is 107 cm³/mol. The molecule has 0 saturated carbocycles. The minimum absolute atomic E-state index is 0.0335. The number of amides is 1. The number of ether oxygens (including phenoxy) is 1. The molecule has 168 valence electrons. The Morgan fingerprint density at radius 2 is 1.77 bits per heavy atom. The van der Waals surface area contributed by atoms with Crippen LogP contribution >= 0.6 is 0 Å². The van der Waals surface area contributed by atoms with Crippen LogP contribution in [-0.2, 0) is 19.6 Å². The highest BCUT2D eigenvalue weighted by Gasteiger charge is 2.28. The molecule has 2 aromatic rings. The number of rotatable bonds is 8. The van der Waals surface area contributed by atoms with Crippen LogP contribution in [0.25, 0.3) is 0 Å². The van der Waals surface area contributed by atoms with E-state index in [2.05, 4.69) is 4.74 Å². The third-order valence-electron chi connectivity index (χ3n) is 4.32. The largest absolute Gasteiger partial charge is 0.465 e. The van der Waals surface area contributed by atoms with Crippen molar-refractivity contribution in [2.45, 2.75) is 25.2 Å². The number of hydrogen-bond donors (Lipinski definition) is 1. The Hall–Kier alpha value is -2.92. The standard InChI is InChI=1S/C20H21F3N2O5S/c1-4-9-25(11-17(26)24-15-7-6-14(21)18(22)19(15)23)31(28,29)16-8-5-13(10-12(16)2)20(27)30-3/h5-8,10H,4,9,11H2,1-3H3,(H,24,26). The molecule has 2 rings (SSSR count). The van der Waals surface area contributed by atoms with E-state index >= 15 is 0 Å². The van der Waals surface area contributed by atoms with Crippen LogP contribution in [0, 0.1) is 24.4 Å². The molecule has 1 amide bonds. The first-order chi connectivity index (χ1) is 14.5. The van der Waals surface area contributed by atoms with E-state index < -0.39 is 51.6 Å². The molecular weight excluding hydrogens is 437 g/mol. The maximum atomic E-state index is 13.8. The Balaban J connectivity index is 2.29. The van der Waals surface area contributed by atoms with Crippen molar-refractivity contribution in [2.24, 2.45) is 0 Å². The van der Waals surface area contributed by atoms with E-state index in [4.69, 9.17) is 0 Å². The summed E-state index contributed by atoms with van der Waals surface area (Å²) in [7, 11) is -2.97. The molecule has 1 N–H and O–H groups in total. The van der Waals surface area contributed by atoms with Crippen LogP contribution in [0.4, 0.5) is 18.9 Å². The minimum Gasteiger partial charge on any atom is -0.465 e. The van der Waals surface area contributed by atoms with Gasteiger partial charge in [0.1, 0.15) is 0 Å². The fourth-order valence-electron chi connectivity index (χ4n) is 2.83. The van der Waals surface area contributed by atoms with Gasteiger partial charge in [-0.1, -0.05) is 6.92 Å². The number of carbonyl (C=O) groups excluding carboxylic acids is 2. The van der Waals surface area contributed by atoms with Crippen LogP contribution in [0.2, 0.25) is 0 Å². The molecule has 0 radical (unpaired) electrons. The van der Waals surface area contributed by atoms with Crippen LogP contribution < -0.4 is 5.32 Å². The maximum Gasteiger partial charge on any atom is 0.337 e. The molecule has 0 aromatic heterocycles. The second-order valence-corrected chi connectivity index (χ2v) is 8.49. The number of benzene rings is 2. The number of nitrogens with one attached hydrogen (secondary N) is 1. The Morgan fingerprint density at radius 3 is 2.35 bits per heavy atom. The number of hydrogen-bond acceptors (Lipinski definition) is 5. The SMILES string of the molecule is CCCN(CC(=O)Nc1ccc(F)c(F)c1F)S(=O)(=O)c1ccc(C(=O)OC)cc1C. The molecule has 31 heavy (non-hydrogen) atoms. The summed E-state index contributed by atoms with van der Waals surface area (Å²) in [6.07, 6.45) is 0.366. The molecule has 0 unspecified atom stereocenters. The fourth-order valence-corrected chi connectivity index (χ4v) is 4.52. The predicted octanol–water partition coefficient (Wildman–Crippen LogP) is 3.24. The number of anilines is 1. The summed E-state index contributed by atoms with van der Waals surface area (Å²) >= 11 is 0.